The number of para-hydroxylation sites is 1. The Hall–Kier alpha value is -1.82. The topological polar surface area (TPSA) is 71.1 Å². The van der Waals surface area contributed by atoms with Gasteiger partial charge in [0.05, 0.1) is 5.69 Å². The molecule has 0 atom stereocenters. The molecule has 1 heterocycles. The third kappa shape index (κ3) is 5.09. The second kappa shape index (κ2) is 9.47. The van der Waals surface area contributed by atoms with Crippen LogP contribution in [0.4, 0.5) is 0 Å². The molecule has 24 heavy (non-hydrogen) atoms. The number of benzene rings is 1. The molecule has 0 aliphatic heterocycles. The van der Waals surface area contributed by atoms with Gasteiger partial charge in [-0.2, -0.15) is 9.71 Å². The van der Waals surface area contributed by atoms with Crippen LogP contribution < -0.4 is 10.4 Å². The lowest BCUT2D eigenvalue weighted by atomic mass is 10.1. The molecule has 2 N–H and O–H groups in total. The Kier molecular flexibility index (Phi) is 7.31. The molecule has 1 aromatic carbocycles. The zero-order valence-electron chi connectivity index (χ0n) is 14.0. The van der Waals surface area contributed by atoms with Crippen LogP contribution >= 0.6 is 15.9 Å². The molecule has 1 aromatic heterocycles. The van der Waals surface area contributed by atoms with Gasteiger partial charge in [0, 0.05) is 0 Å². The second-order valence-electron chi connectivity index (χ2n) is 5.75. The van der Waals surface area contributed by atoms with E-state index in [0.717, 1.165) is 17.6 Å². The normalized spacial score (nSPS) is 10.8. The maximum Gasteiger partial charge on any atom is 0.259 e. The molecule has 0 unspecified atom stereocenters. The van der Waals surface area contributed by atoms with Crippen molar-refractivity contribution in [2.45, 2.75) is 51.9 Å². The van der Waals surface area contributed by atoms with Crippen molar-refractivity contribution in [3.05, 3.63) is 46.1 Å². The van der Waals surface area contributed by atoms with Crippen molar-refractivity contribution in [2.75, 3.05) is 0 Å². The van der Waals surface area contributed by atoms with Crippen LogP contribution in [0, 0.1) is 5.41 Å². The summed E-state index contributed by atoms with van der Waals surface area (Å²) in [7, 11) is 0. The molecular formula is C18H24BrN3O2. The van der Waals surface area contributed by atoms with E-state index in [0.29, 0.717) is 28.2 Å². The Bertz CT molecular complexity index is 701. The third-order valence-corrected chi connectivity index (χ3v) is 4.63. The lowest BCUT2D eigenvalue weighted by molar-refractivity contribution is 0.152. The molecule has 0 amide bonds. The zero-order chi connectivity index (χ0) is 17.4. The van der Waals surface area contributed by atoms with Crippen molar-refractivity contribution in [3.8, 4) is 11.6 Å². The van der Waals surface area contributed by atoms with Gasteiger partial charge >= 0.3 is 0 Å². The van der Waals surface area contributed by atoms with Crippen molar-refractivity contribution >= 4 is 15.9 Å². The first-order valence-electron chi connectivity index (χ1n) is 8.41. The highest BCUT2D eigenvalue weighted by molar-refractivity contribution is 9.10. The summed E-state index contributed by atoms with van der Waals surface area (Å²) in [6.45, 7) is 2.20. The quantitative estimate of drug-likeness (QED) is 0.461. The Balaban J connectivity index is 2.08. The molecule has 0 saturated carbocycles. The molecule has 6 heteroatoms. The minimum atomic E-state index is -0.231. The van der Waals surface area contributed by atoms with E-state index in [9.17, 15) is 5.21 Å². The minimum Gasteiger partial charge on any atom is -0.438 e. The third-order valence-electron chi connectivity index (χ3n) is 3.83. The lowest BCUT2D eigenvalue weighted by Crippen LogP contribution is -2.25. The van der Waals surface area contributed by atoms with Crippen molar-refractivity contribution < 1.29 is 9.94 Å². The van der Waals surface area contributed by atoms with Crippen molar-refractivity contribution in [2.24, 2.45) is 0 Å². The number of hydrogen-bond acceptors (Lipinski definition) is 4. The number of aromatic nitrogens is 2. The molecule has 0 saturated heterocycles. The average molecular weight is 394 g/mol. The number of nitrogens with one attached hydrogen (secondary N) is 1. The van der Waals surface area contributed by atoms with Gasteiger partial charge in [-0.25, -0.2) is 0 Å². The van der Waals surface area contributed by atoms with E-state index < -0.39 is 0 Å². The highest BCUT2D eigenvalue weighted by Gasteiger charge is 2.15. The predicted octanol–water partition coefficient (Wildman–Crippen LogP) is 5.06. The second-order valence-corrected chi connectivity index (χ2v) is 6.54. The SMILES string of the molecule is CCCCCCCCc1c(Br)c(Oc2ccccc2)nc(=N)n1O. The lowest BCUT2D eigenvalue weighted by Gasteiger charge is -2.13. The van der Waals surface area contributed by atoms with Gasteiger partial charge in [-0.15, -0.1) is 0 Å². The molecule has 130 valence electrons. The summed E-state index contributed by atoms with van der Waals surface area (Å²) in [6, 6.07) is 9.30. The van der Waals surface area contributed by atoms with Crippen molar-refractivity contribution in [1.82, 2.24) is 9.71 Å². The van der Waals surface area contributed by atoms with E-state index in [1.54, 1.807) is 0 Å². The van der Waals surface area contributed by atoms with E-state index >= 15 is 0 Å². The Morgan fingerprint density at radius 3 is 2.50 bits per heavy atom. The first-order chi connectivity index (χ1) is 11.6. The fourth-order valence-electron chi connectivity index (χ4n) is 2.49. The first-order valence-corrected chi connectivity index (χ1v) is 9.21. The summed E-state index contributed by atoms with van der Waals surface area (Å²) in [6.07, 6.45) is 7.68. The van der Waals surface area contributed by atoms with Crippen LogP contribution in [0.1, 0.15) is 51.1 Å². The molecule has 0 spiro atoms. The van der Waals surface area contributed by atoms with Crippen molar-refractivity contribution in [1.29, 1.82) is 5.41 Å². The van der Waals surface area contributed by atoms with Crippen LogP contribution in [0.3, 0.4) is 0 Å². The number of hydrogen-bond donors (Lipinski definition) is 2. The van der Waals surface area contributed by atoms with Gasteiger partial charge in [0.25, 0.3) is 5.62 Å². The van der Waals surface area contributed by atoms with Crippen LogP contribution in [0.25, 0.3) is 0 Å². The van der Waals surface area contributed by atoms with Gasteiger partial charge in [-0.1, -0.05) is 57.2 Å². The summed E-state index contributed by atoms with van der Waals surface area (Å²) in [5, 5.41) is 17.9. The zero-order valence-corrected chi connectivity index (χ0v) is 15.6. The largest absolute Gasteiger partial charge is 0.438 e. The first kappa shape index (κ1) is 18.5. The van der Waals surface area contributed by atoms with E-state index in [4.69, 9.17) is 10.1 Å². The van der Waals surface area contributed by atoms with Crippen LogP contribution in [0.2, 0.25) is 0 Å². The van der Waals surface area contributed by atoms with Crippen molar-refractivity contribution in [3.63, 3.8) is 0 Å². The molecule has 2 rings (SSSR count). The average Bonchev–Trinajstić information content (AvgIpc) is 2.59. The highest BCUT2D eigenvalue weighted by atomic mass is 79.9. The highest BCUT2D eigenvalue weighted by Crippen LogP contribution is 2.29. The van der Waals surface area contributed by atoms with E-state index in [1.165, 1.54) is 25.7 Å². The molecule has 0 bridgehead atoms. The van der Waals surface area contributed by atoms with E-state index in [2.05, 4.69) is 27.8 Å². The summed E-state index contributed by atoms with van der Waals surface area (Å²) < 4.78 is 7.17. The maximum absolute atomic E-state index is 10.1. The summed E-state index contributed by atoms with van der Waals surface area (Å²) in [5.41, 5.74) is 0.390. The summed E-state index contributed by atoms with van der Waals surface area (Å²) in [4.78, 5) is 4.01. The number of rotatable bonds is 9. The standard InChI is InChI=1S/C18H24BrN3O2/c1-2-3-4-5-6-10-13-15-16(19)17(21-18(20)22(15)23)24-14-11-8-7-9-12-14/h7-9,11-12,20,23H,2-6,10,13H2,1H3. The van der Waals surface area contributed by atoms with Gasteiger partial charge in [-0.3, -0.25) is 5.41 Å². The Morgan fingerprint density at radius 2 is 1.79 bits per heavy atom. The summed E-state index contributed by atoms with van der Waals surface area (Å²) >= 11 is 3.47. The van der Waals surface area contributed by atoms with Crippen LogP contribution in [0.15, 0.2) is 34.8 Å². The number of halogens is 1. The number of ether oxygens (including phenoxy) is 1. The molecule has 0 aliphatic carbocycles. The number of unbranched alkanes of at least 4 members (excludes halogenated alkanes) is 5. The minimum absolute atomic E-state index is 0.231. The smallest absolute Gasteiger partial charge is 0.259 e. The molecule has 2 aromatic rings. The van der Waals surface area contributed by atoms with Gasteiger partial charge in [0.2, 0.25) is 5.88 Å². The Morgan fingerprint density at radius 1 is 1.12 bits per heavy atom. The van der Waals surface area contributed by atoms with Gasteiger partial charge < -0.3 is 9.94 Å². The van der Waals surface area contributed by atoms with Gasteiger partial charge in [0.15, 0.2) is 0 Å². The Labute approximate surface area is 150 Å². The van der Waals surface area contributed by atoms with Crippen LogP contribution in [-0.2, 0) is 6.42 Å². The van der Waals surface area contributed by atoms with Gasteiger partial charge in [-0.05, 0) is 40.9 Å². The monoisotopic (exact) mass is 393 g/mol. The molecule has 5 nitrogen and oxygen atoms in total. The maximum atomic E-state index is 10.1. The molecule has 0 fully saturated rings. The van der Waals surface area contributed by atoms with E-state index in [1.807, 2.05) is 30.3 Å². The van der Waals surface area contributed by atoms with Crippen LogP contribution in [-0.4, -0.2) is 14.9 Å². The van der Waals surface area contributed by atoms with E-state index in [-0.39, 0.29) is 5.62 Å². The van der Waals surface area contributed by atoms with Gasteiger partial charge in [0.1, 0.15) is 10.2 Å². The fraction of sp³-hybridized carbons (Fsp3) is 0.444. The number of nitrogens with zero attached hydrogens (tertiary/aromatic N) is 2. The molecular weight excluding hydrogens is 370 g/mol. The summed E-state index contributed by atoms with van der Waals surface area (Å²) in [5.74, 6) is 0.948. The molecule has 0 radical (unpaired) electrons. The molecule has 0 aliphatic rings. The fourth-order valence-corrected chi connectivity index (χ4v) is 3.03. The predicted molar refractivity (Wildman–Crippen MR) is 96.6 cm³/mol. The van der Waals surface area contributed by atoms with Crippen LogP contribution in [0.5, 0.6) is 11.6 Å².